The number of carbonyl (C=O) groups excluding carboxylic acids is 1. The van der Waals surface area contributed by atoms with Gasteiger partial charge in [-0.1, -0.05) is 42.5 Å². The molecular formula is C17H18O4. The molecule has 1 N–H and O–H groups in total. The summed E-state index contributed by atoms with van der Waals surface area (Å²) in [4.78, 5) is 12.0. The Morgan fingerprint density at radius 1 is 0.952 bits per heavy atom. The van der Waals surface area contributed by atoms with Gasteiger partial charge in [-0.15, -0.1) is 0 Å². The number of carbonyl (C=O) groups is 1. The normalized spacial score (nSPS) is 13.3. The summed E-state index contributed by atoms with van der Waals surface area (Å²) in [7, 11) is 2.89. The van der Waals surface area contributed by atoms with Gasteiger partial charge in [-0.25, -0.2) is 0 Å². The zero-order valence-electron chi connectivity index (χ0n) is 12.0. The minimum Gasteiger partial charge on any atom is -0.497 e. The van der Waals surface area contributed by atoms with E-state index in [0.717, 1.165) is 0 Å². The lowest BCUT2D eigenvalue weighted by Gasteiger charge is -2.21. The Balaban J connectivity index is 2.33. The molecule has 0 saturated heterocycles. The van der Waals surface area contributed by atoms with Crippen LogP contribution in [0.1, 0.15) is 23.1 Å². The molecule has 4 heteroatoms. The van der Waals surface area contributed by atoms with Crippen LogP contribution in [0.5, 0.6) is 5.75 Å². The predicted octanol–water partition coefficient (Wildman–Crippen LogP) is 2.69. The highest BCUT2D eigenvalue weighted by Gasteiger charge is 2.30. The van der Waals surface area contributed by atoms with Gasteiger partial charge in [0.1, 0.15) is 11.7 Å². The fourth-order valence-corrected chi connectivity index (χ4v) is 2.23. The average Bonchev–Trinajstić information content (AvgIpc) is 2.55. The quantitative estimate of drug-likeness (QED) is 0.859. The van der Waals surface area contributed by atoms with Crippen molar-refractivity contribution in [2.45, 2.75) is 12.0 Å². The first-order valence-electron chi connectivity index (χ1n) is 6.62. The molecule has 0 aliphatic rings. The van der Waals surface area contributed by atoms with Crippen LogP contribution in [0, 0.1) is 0 Å². The van der Waals surface area contributed by atoms with Crippen LogP contribution in [0.3, 0.4) is 0 Å². The monoisotopic (exact) mass is 286 g/mol. The highest BCUT2D eigenvalue weighted by Crippen LogP contribution is 2.32. The van der Waals surface area contributed by atoms with Crippen LogP contribution < -0.4 is 4.74 Å². The van der Waals surface area contributed by atoms with Crippen molar-refractivity contribution in [3.63, 3.8) is 0 Å². The van der Waals surface area contributed by atoms with Crippen LogP contribution in [0.2, 0.25) is 0 Å². The maximum Gasteiger partial charge on any atom is 0.316 e. The molecule has 2 aromatic carbocycles. The first-order chi connectivity index (χ1) is 10.2. The third kappa shape index (κ3) is 3.41. The summed E-state index contributed by atoms with van der Waals surface area (Å²) < 4.78 is 9.92. The van der Waals surface area contributed by atoms with Crippen molar-refractivity contribution >= 4 is 5.97 Å². The number of hydrogen-bond acceptors (Lipinski definition) is 4. The van der Waals surface area contributed by atoms with Gasteiger partial charge in [0.05, 0.1) is 20.3 Å². The molecule has 0 aromatic heterocycles. The SMILES string of the molecule is COC(=O)[C@@H](c1ccccc1)[C@H](O)c1ccc(OC)cc1. The number of ether oxygens (including phenoxy) is 2. The van der Waals surface area contributed by atoms with Gasteiger partial charge in [-0.3, -0.25) is 4.79 Å². The molecule has 0 amide bonds. The van der Waals surface area contributed by atoms with Crippen LogP contribution >= 0.6 is 0 Å². The Morgan fingerprint density at radius 2 is 1.57 bits per heavy atom. The third-order valence-electron chi connectivity index (χ3n) is 3.39. The Kier molecular flexibility index (Phi) is 4.95. The summed E-state index contributed by atoms with van der Waals surface area (Å²) in [5.41, 5.74) is 1.35. The van der Waals surface area contributed by atoms with Crippen LogP contribution in [0.25, 0.3) is 0 Å². The number of hydrogen-bond donors (Lipinski definition) is 1. The van der Waals surface area contributed by atoms with E-state index in [0.29, 0.717) is 16.9 Å². The van der Waals surface area contributed by atoms with E-state index in [1.165, 1.54) is 7.11 Å². The third-order valence-corrected chi connectivity index (χ3v) is 3.39. The number of aliphatic hydroxyl groups is 1. The van der Waals surface area contributed by atoms with Crippen LogP contribution in [0.15, 0.2) is 54.6 Å². The zero-order chi connectivity index (χ0) is 15.2. The highest BCUT2D eigenvalue weighted by molar-refractivity contribution is 5.79. The van der Waals surface area contributed by atoms with E-state index in [9.17, 15) is 9.90 Å². The van der Waals surface area contributed by atoms with E-state index in [1.54, 1.807) is 43.5 Å². The summed E-state index contributed by atoms with van der Waals surface area (Å²) in [5.74, 6) is -0.533. The van der Waals surface area contributed by atoms with E-state index in [1.807, 2.05) is 18.2 Å². The van der Waals surface area contributed by atoms with Crippen molar-refractivity contribution in [2.24, 2.45) is 0 Å². The largest absolute Gasteiger partial charge is 0.497 e. The molecule has 21 heavy (non-hydrogen) atoms. The molecule has 0 aliphatic heterocycles. The minimum atomic E-state index is -0.981. The van der Waals surface area contributed by atoms with Crippen molar-refractivity contribution in [2.75, 3.05) is 14.2 Å². The molecule has 110 valence electrons. The number of aliphatic hydroxyl groups excluding tert-OH is 1. The highest BCUT2D eigenvalue weighted by atomic mass is 16.5. The molecule has 2 rings (SSSR count). The van der Waals surface area contributed by atoms with Gasteiger partial charge >= 0.3 is 5.97 Å². The molecule has 2 aromatic rings. The number of benzene rings is 2. The summed E-state index contributed by atoms with van der Waals surface area (Å²) >= 11 is 0. The van der Waals surface area contributed by atoms with Gasteiger partial charge < -0.3 is 14.6 Å². The Hall–Kier alpha value is -2.33. The first kappa shape index (κ1) is 15.1. The minimum absolute atomic E-state index is 0.468. The summed E-state index contributed by atoms with van der Waals surface area (Å²) in [6.45, 7) is 0. The fourth-order valence-electron chi connectivity index (χ4n) is 2.23. The van der Waals surface area contributed by atoms with Crippen molar-refractivity contribution in [1.29, 1.82) is 0 Å². The number of rotatable bonds is 5. The van der Waals surface area contributed by atoms with Crippen molar-refractivity contribution in [1.82, 2.24) is 0 Å². The van der Waals surface area contributed by atoms with Gasteiger partial charge in [0.2, 0.25) is 0 Å². The molecule has 0 heterocycles. The lowest BCUT2D eigenvalue weighted by atomic mass is 9.89. The van der Waals surface area contributed by atoms with Gasteiger partial charge in [-0.05, 0) is 23.3 Å². The standard InChI is InChI=1S/C17H18O4/c1-20-14-10-8-13(9-11-14)16(18)15(17(19)21-2)12-6-4-3-5-7-12/h3-11,15-16,18H,1-2H3/t15-,16+/m0/s1. The van der Waals surface area contributed by atoms with Crippen molar-refractivity contribution < 1.29 is 19.4 Å². The Morgan fingerprint density at radius 3 is 2.10 bits per heavy atom. The lowest BCUT2D eigenvalue weighted by Crippen LogP contribution is -2.21. The van der Waals surface area contributed by atoms with E-state index < -0.39 is 18.0 Å². The molecule has 0 radical (unpaired) electrons. The second-order valence-corrected chi connectivity index (χ2v) is 4.63. The van der Waals surface area contributed by atoms with Gasteiger partial charge in [0.25, 0.3) is 0 Å². The molecule has 0 unspecified atom stereocenters. The topological polar surface area (TPSA) is 55.8 Å². The molecule has 0 spiro atoms. The average molecular weight is 286 g/mol. The Bertz CT molecular complexity index is 577. The zero-order valence-corrected chi connectivity index (χ0v) is 12.0. The molecule has 0 aliphatic carbocycles. The fraction of sp³-hybridized carbons (Fsp3) is 0.235. The maximum absolute atomic E-state index is 12.0. The lowest BCUT2D eigenvalue weighted by molar-refractivity contribution is -0.145. The molecule has 2 atom stereocenters. The number of methoxy groups -OCH3 is 2. The van der Waals surface area contributed by atoms with Crippen molar-refractivity contribution in [3.05, 3.63) is 65.7 Å². The van der Waals surface area contributed by atoms with Crippen LogP contribution in [-0.2, 0) is 9.53 Å². The van der Waals surface area contributed by atoms with Gasteiger partial charge in [-0.2, -0.15) is 0 Å². The summed E-state index contributed by atoms with van der Waals surface area (Å²) in [6.07, 6.45) is -0.981. The van der Waals surface area contributed by atoms with E-state index in [2.05, 4.69) is 0 Å². The molecule has 4 nitrogen and oxygen atoms in total. The second kappa shape index (κ2) is 6.90. The van der Waals surface area contributed by atoms with E-state index in [4.69, 9.17) is 9.47 Å². The molecule has 0 bridgehead atoms. The predicted molar refractivity (Wildman–Crippen MR) is 79.2 cm³/mol. The van der Waals surface area contributed by atoms with Gasteiger partial charge in [0.15, 0.2) is 0 Å². The molecule has 0 saturated carbocycles. The van der Waals surface area contributed by atoms with E-state index in [-0.39, 0.29) is 0 Å². The second-order valence-electron chi connectivity index (χ2n) is 4.63. The summed E-state index contributed by atoms with van der Waals surface area (Å²) in [5, 5.41) is 10.6. The van der Waals surface area contributed by atoms with Crippen LogP contribution in [-0.4, -0.2) is 25.3 Å². The van der Waals surface area contributed by atoms with Crippen molar-refractivity contribution in [3.8, 4) is 5.75 Å². The maximum atomic E-state index is 12.0. The molecular weight excluding hydrogens is 268 g/mol. The van der Waals surface area contributed by atoms with Gasteiger partial charge in [0, 0.05) is 0 Å². The summed E-state index contributed by atoms with van der Waals surface area (Å²) in [6, 6.07) is 16.1. The first-order valence-corrected chi connectivity index (χ1v) is 6.62. The van der Waals surface area contributed by atoms with Crippen LogP contribution in [0.4, 0.5) is 0 Å². The Labute approximate surface area is 123 Å². The number of esters is 1. The van der Waals surface area contributed by atoms with E-state index >= 15 is 0 Å². The smallest absolute Gasteiger partial charge is 0.316 e. The molecule has 0 fully saturated rings.